The molecule has 0 bridgehead atoms. The Kier molecular flexibility index (Phi) is 6.30. The van der Waals surface area contributed by atoms with Crippen LogP contribution in [0.5, 0.6) is 5.75 Å². The highest BCUT2D eigenvalue weighted by molar-refractivity contribution is 5.78. The normalized spacial score (nSPS) is 12.2. The highest BCUT2D eigenvalue weighted by atomic mass is 19.3. The summed E-state index contributed by atoms with van der Waals surface area (Å²) in [7, 11) is 0. The minimum atomic E-state index is -2.84. The van der Waals surface area contributed by atoms with E-state index in [1.165, 1.54) is 12.1 Å². The maximum atomic E-state index is 13.4. The Balaban J connectivity index is 2.13. The van der Waals surface area contributed by atoms with Crippen molar-refractivity contribution in [2.75, 3.05) is 0 Å². The molecular formula is C22H24F2O2. The van der Waals surface area contributed by atoms with E-state index in [0.29, 0.717) is 18.8 Å². The molecule has 2 rings (SSSR count). The molecule has 0 aliphatic heterocycles. The summed E-state index contributed by atoms with van der Waals surface area (Å²) in [6.45, 7) is 6.89. The van der Waals surface area contributed by atoms with Crippen molar-refractivity contribution in [1.82, 2.24) is 0 Å². The molecule has 2 aromatic carbocycles. The summed E-state index contributed by atoms with van der Waals surface area (Å²) < 4.78 is 32.6. The number of rotatable bonds is 7. The van der Waals surface area contributed by atoms with Crippen molar-refractivity contribution in [3.63, 3.8) is 0 Å². The smallest absolute Gasteiger partial charge is 0.270 e. The first kappa shape index (κ1) is 19.8. The molecule has 0 N–H and O–H groups in total. The van der Waals surface area contributed by atoms with Gasteiger partial charge in [-0.05, 0) is 66.8 Å². The molecule has 4 heteroatoms. The highest BCUT2D eigenvalue weighted by Crippen LogP contribution is 2.29. The number of allylic oxidation sites excluding steroid dienone is 2. The van der Waals surface area contributed by atoms with Gasteiger partial charge in [-0.25, -0.2) is 8.78 Å². The van der Waals surface area contributed by atoms with Gasteiger partial charge < -0.3 is 9.53 Å². The summed E-state index contributed by atoms with van der Waals surface area (Å²) >= 11 is 0. The Hall–Kier alpha value is -2.49. The van der Waals surface area contributed by atoms with Crippen LogP contribution in [-0.4, -0.2) is 6.29 Å². The van der Waals surface area contributed by atoms with E-state index < -0.39 is 5.92 Å². The molecule has 0 atom stereocenters. The van der Waals surface area contributed by atoms with Crippen molar-refractivity contribution in [2.24, 2.45) is 0 Å². The lowest BCUT2D eigenvalue weighted by Crippen LogP contribution is -2.08. The SMILES string of the molecule is C/C=C(/CC=O)c1ccc(OCc2ccc(C(C)(F)F)cc2C)cc1C. The van der Waals surface area contributed by atoms with Crippen LogP contribution >= 0.6 is 0 Å². The van der Waals surface area contributed by atoms with Crippen molar-refractivity contribution in [2.45, 2.75) is 46.6 Å². The molecule has 0 aromatic heterocycles. The van der Waals surface area contributed by atoms with E-state index in [1.54, 1.807) is 13.0 Å². The van der Waals surface area contributed by atoms with Gasteiger partial charge in [-0.1, -0.05) is 24.3 Å². The van der Waals surface area contributed by atoms with Gasteiger partial charge in [0.15, 0.2) is 0 Å². The summed E-state index contributed by atoms with van der Waals surface area (Å²) in [5.74, 6) is -2.14. The van der Waals surface area contributed by atoms with Crippen LogP contribution < -0.4 is 4.74 Å². The first-order valence-corrected chi connectivity index (χ1v) is 8.56. The topological polar surface area (TPSA) is 26.3 Å². The van der Waals surface area contributed by atoms with Crippen LogP contribution in [0.4, 0.5) is 8.78 Å². The summed E-state index contributed by atoms with van der Waals surface area (Å²) in [4.78, 5) is 10.8. The van der Waals surface area contributed by atoms with Gasteiger partial charge in [0.1, 0.15) is 18.6 Å². The average Bonchev–Trinajstić information content (AvgIpc) is 2.58. The summed E-state index contributed by atoms with van der Waals surface area (Å²) in [6, 6.07) is 10.4. The lowest BCUT2D eigenvalue weighted by molar-refractivity contribution is -0.107. The number of aryl methyl sites for hydroxylation is 2. The Morgan fingerprint density at radius 2 is 1.85 bits per heavy atom. The van der Waals surface area contributed by atoms with Crippen LogP contribution in [0.1, 0.15) is 48.1 Å². The number of carbonyl (C=O) groups excluding carboxylic acids is 1. The molecule has 0 aliphatic carbocycles. The Morgan fingerprint density at radius 1 is 1.12 bits per heavy atom. The molecule has 0 saturated heterocycles. The summed E-state index contributed by atoms with van der Waals surface area (Å²) in [5.41, 5.74) is 4.69. The van der Waals surface area contributed by atoms with Crippen LogP contribution in [0.25, 0.3) is 5.57 Å². The van der Waals surface area contributed by atoms with Gasteiger partial charge in [-0.15, -0.1) is 0 Å². The molecule has 0 unspecified atom stereocenters. The van der Waals surface area contributed by atoms with Crippen LogP contribution in [0.15, 0.2) is 42.5 Å². The molecule has 0 spiro atoms. The second kappa shape index (κ2) is 8.26. The van der Waals surface area contributed by atoms with Crippen LogP contribution in [0.3, 0.4) is 0 Å². The minimum Gasteiger partial charge on any atom is -0.489 e. The molecule has 2 nitrogen and oxygen atoms in total. The third-order valence-corrected chi connectivity index (χ3v) is 4.44. The Labute approximate surface area is 153 Å². The number of halogens is 2. The lowest BCUT2D eigenvalue weighted by Gasteiger charge is -2.15. The number of hydrogen-bond donors (Lipinski definition) is 0. The molecular weight excluding hydrogens is 334 g/mol. The van der Waals surface area contributed by atoms with Gasteiger partial charge in [0, 0.05) is 18.9 Å². The zero-order chi connectivity index (χ0) is 19.3. The molecule has 0 heterocycles. The first-order chi connectivity index (χ1) is 12.3. The summed E-state index contributed by atoms with van der Waals surface area (Å²) in [6.07, 6.45) is 3.21. The molecule has 138 valence electrons. The molecule has 0 radical (unpaired) electrons. The van der Waals surface area contributed by atoms with Crippen LogP contribution in [0.2, 0.25) is 0 Å². The molecule has 0 aliphatic rings. The van der Waals surface area contributed by atoms with E-state index in [1.807, 2.05) is 38.1 Å². The van der Waals surface area contributed by atoms with Gasteiger partial charge in [0.2, 0.25) is 0 Å². The first-order valence-electron chi connectivity index (χ1n) is 8.56. The van der Waals surface area contributed by atoms with Crippen LogP contribution in [0, 0.1) is 13.8 Å². The second-order valence-corrected chi connectivity index (χ2v) is 6.48. The molecule has 0 fully saturated rings. The predicted octanol–water partition coefficient (Wildman–Crippen LogP) is 5.99. The largest absolute Gasteiger partial charge is 0.489 e. The maximum Gasteiger partial charge on any atom is 0.270 e. The van der Waals surface area contributed by atoms with Crippen molar-refractivity contribution in [3.8, 4) is 5.75 Å². The highest BCUT2D eigenvalue weighted by Gasteiger charge is 2.24. The molecule has 0 amide bonds. The van der Waals surface area contributed by atoms with E-state index in [9.17, 15) is 13.6 Å². The van der Waals surface area contributed by atoms with Crippen molar-refractivity contribution in [1.29, 1.82) is 0 Å². The molecule has 0 saturated carbocycles. The standard InChI is InChI=1S/C22H24F2O2/c1-5-17(10-11-25)21-9-8-20(13-16(21)3)26-14-18-6-7-19(12-15(18)2)22(4,23)24/h5-9,11-13H,10,14H2,1-4H3/b17-5-. The van der Waals surface area contributed by atoms with E-state index in [2.05, 4.69) is 0 Å². The lowest BCUT2D eigenvalue weighted by atomic mass is 9.98. The Morgan fingerprint density at radius 3 is 2.38 bits per heavy atom. The van der Waals surface area contributed by atoms with Gasteiger partial charge in [-0.2, -0.15) is 0 Å². The number of alkyl halides is 2. The van der Waals surface area contributed by atoms with E-state index in [-0.39, 0.29) is 5.56 Å². The molecule has 26 heavy (non-hydrogen) atoms. The Bertz CT molecular complexity index is 817. The fraction of sp³-hybridized carbons (Fsp3) is 0.318. The maximum absolute atomic E-state index is 13.4. The summed E-state index contributed by atoms with van der Waals surface area (Å²) in [5, 5.41) is 0. The number of ether oxygens (including phenoxy) is 1. The third kappa shape index (κ3) is 4.78. The fourth-order valence-electron chi connectivity index (χ4n) is 2.85. The minimum absolute atomic E-state index is 0.00741. The van der Waals surface area contributed by atoms with Crippen molar-refractivity contribution < 1.29 is 18.3 Å². The number of hydrogen-bond acceptors (Lipinski definition) is 2. The van der Waals surface area contributed by atoms with Gasteiger partial charge >= 0.3 is 0 Å². The fourth-order valence-corrected chi connectivity index (χ4v) is 2.85. The second-order valence-electron chi connectivity index (χ2n) is 6.48. The average molecular weight is 358 g/mol. The number of aldehydes is 1. The van der Waals surface area contributed by atoms with E-state index in [4.69, 9.17) is 4.74 Å². The quantitative estimate of drug-likeness (QED) is 0.569. The van der Waals surface area contributed by atoms with Gasteiger partial charge in [0.05, 0.1) is 0 Å². The molecule has 2 aromatic rings. The third-order valence-electron chi connectivity index (χ3n) is 4.44. The van der Waals surface area contributed by atoms with Crippen LogP contribution in [-0.2, 0) is 17.3 Å². The number of carbonyl (C=O) groups is 1. The number of benzene rings is 2. The van der Waals surface area contributed by atoms with Crippen molar-refractivity contribution >= 4 is 11.9 Å². The van der Waals surface area contributed by atoms with Gasteiger partial charge in [0.25, 0.3) is 5.92 Å². The van der Waals surface area contributed by atoms with Gasteiger partial charge in [-0.3, -0.25) is 0 Å². The van der Waals surface area contributed by atoms with E-state index >= 15 is 0 Å². The van der Waals surface area contributed by atoms with E-state index in [0.717, 1.165) is 41.0 Å². The van der Waals surface area contributed by atoms with Crippen molar-refractivity contribution in [3.05, 3.63) is 70.3 Å². The monoisotopic (exact) mass is 358 g/mol. The zero-order valence-corrected chi connectivity index (χ0v) is 15.6. The predicted molar refractivity (Wildman–Crippen MR) is 101 cm³/mol. The zero-order valence-electron chi connectivity index (χ0n) is 15.6.